The van der Waals surface area contributed by atoms with Gasteiger partial charge in [-0.25, -0.2) is 0 Å². The number of rotatable bonds is 4. The van der Waals surface area contributed by atoms with Gasteiger partial charge in [0.1, 0.15) is 5.75 Å². The molecule has 2 rings (SSSR count). The molecule has 0 aliphatic rings. The lowest BCUT2D eigenvalue weighted by molar-refractivity contribution is 0.416. The molecule has 0 radical (unpaired) electrons. The molecule has 2 N–H and O–H groups in total. The Morgan fingerprint density at radius 2 is 1.95 bits per heavy atom. The van der Waals surface area contributed by atoms with E-state index in [1.54, 1.807) is 7.11 Å². The smallest absolute Gasteiger partial charge is 0.126 e. The van der Waals surface area contributed by atoms with Crippen LogP contribution in [0.15, 0.2) is 36.4 Å². The molecule has 2 aromatic carbocycles. The van der Waals surface area contributed by atoms with Crippen molar-refractivity contribution in [1.82, 2.24) is 0 Å². The van der Waals surface area contributed by atoms with Crippen LogP contribution in [0.25, 0.3) is 11.1 Å². The van der Waals surface area contributed by atoms with Crippen LogP contribution in [0.3, 0.4) is 0 Å². The lowest BCUT2D eigenvalue weighted by Crippen LogP contribution is -2.03. The molecule has 0 heterocycles. The highest BCUT2D eigenvalue weighted by atomic mass is 35.5. The Kier molecular flexibility index (Phi) is 4.46. The molecule has 0 saturated carbocycles. The number of methoxy groups -OCH3 is 1. The van der Waals surface area contributed by atoms with Crippen molar-refractivity contribution in [3.05, 3.63) is 52.5 Å². The van der Waals surface area contributed by atoms with Crippen LogP contribution in [0.5, 0.6) is 5.75 Å². The molecule has 2 nitrogen and oxygen atoms in total. The third-order valence-corrected chi connectivity index (χ3v) is 3.66. The maximum atomic E-state index is 6.20. The molecular weight excluding hydrogens is 258 g/mol. The zero-order valence-electron chi connectivity index (χ0n) is 11.2. The van der Waals surface area contributed by atoms with Gasteiger partial charge in [0.2, 0.25) is 0 Å². The van der Waals surface area contributed by atoms with E-state index in [-0.39, 0.29) is 0 Å². The van der Waals surface area contributed by atoms with Crippen LogP contribution in [0.4, 0.5) is 0 Å². The second kappa shape index (κ2) is 6.09. The van der Waals surface area contributed by atoms with Gasteiger partial charge in [-0.1, -0.05) is 29.8 Å². The van der Waals surface area contributed by atoms with E-state index in [4.69, 9.17) is 22.1 Å². The van der Waals surface area contributed by atoms with Gasteiger partial charge in [-0.2, -0.15) is 0 Å². The Balaban J connectivity index is 2.58. The van der Waals surface area contributed by atoms with Gasteiger partial charge in [-0.05, 0) is 54.8 Å². The zero-order chi connectivity index (χ0) is 13.8. The number of ether oxygens (including phenoxy) is 1. The van der Waals surface area contributed by atoms with E-state index in [0.717, 1.165) is 33.9 Å². The van der Waals surface area contributed by atoms with Gasteiger partial charge in [0.15, 0.2) is 0 Å². The van der Waals surface area contributed by atoms with E-state index >= 15 is 0 Å². The summed E-state index contributed by atoms with van der Waals surface area (Å²) in [5.74, 6) is 0.853. The highest BCUT2D eigenvalue weighted by Crippen LogP contribution is 2.35. The van der Waals surface area contributed by atoms with Crippen LogP contribution in [0.1, 0.15) is 11.1 Å². The van der Waals surface area contributed by atoms with Crippen molar-refractivity contribution in [2.45, 2.75) is 13.3 Å². The maximum Gasteiger partial charge on any atom is 0.126 e. The summed E-state index contributed by atoms with van der Waals surface area (Å²) < 4.78 is 5.45. The number of benzene rings is 2. The third kappa shape index (κ3) is 2.91. The minimum atomic E-state index is 0.639. The van der Waals surface area contributed by atoms with Gasteiger partial charge >= 0.3 is 0 Å². The first-order valence-corrected chi connectivity index (χ1v) is 6.67. The predicted octanol–water partition coefficient (Wildman–Crippen LogP) is 3.83. The van der Waals surface area contributed by atoms with Crippen LogP contribution in [0, 0.1) is 6.92 Å². The summed E-state index contributed by atoms with van der Waals surface area (Å²) in [5, 5.41) is 0.767. The molecule has 0 atom stereocenters. The number of nitrogens with two attached hydrogens (primary N) is 1. The molecule has 100 valence electrons. The largest absolute Gasteiger partial charge is 0.496 e. The number of hydrogen-bond donors (Lipinski definition) is 1. The lowest BCUT2D eigenvalue weighted by atomic mass is 9.97. The Morgan fingerprint density at radius 3 is 2.63 bits per heavy atom. The highest BCUT2D eigenvalue weighted by molar-refractivity contribution is 6.31. The first kappa shape index (κ1) is 13.9. The number of hydrogen-bond acceptors (Lipinski definition) is 2. The van der Waals surface area contributed by atoms with Gasteiger partial charge in [0.05, 0.1) is 7.11 Å². The summed E-state index contributed by atoms with van der Waals surface area (Å²) in [6.07, 6.45) is 0.858. The first-order chi connectivity index (χ1) is 9.17. The predicted molar refractivity (Wildman–Crippen MR) is 80.9 cm³/mol. The average Bonchev–Trinajstić information content (AvgIpc) is 2.42. The lowest BCUT2D eigenvalue weighted by Gasteiger charge is -2.13. The SMILES string of the molecule is COc1ccc(CCN)cc1-c1cccc(Cl)c1C. The maximum absolute atomic E-state index is 6.20. The molecule has 0 unspecified atom stereocenters. The van der Waals surface area contributed by atoms with Crippen LogP contribution in [-0.4, -0.2) is 13.7 Å². The summed E-state index contributed by atoms with van der Waals surface area (Å²) in [6, 6.07) is 12.1. The Morgan fingerprint density at radius 1 is 1.16 bits per heavy atom. The zero-order valence-corrected chi connectivity index (χ0v) is 12.0. The average molecular weight is 276 g/mol. The second-order valence-corrected chi connectivity index (χ2v) is 4.89. The van der Waals surface area contributed by atoms with Crippen LogP contribution in [0.2, 0.25) is 5.02 Å². The van der Waals surface area contributed by atoms with E-state index < -0.39 is 0 Å². The molecule has 0 aliphatic carbocycles. The first-order valence-electron chi connectivity index (χ1n) is 6.30. The second-order valence-electron chi connectivity index (χ2n) is 4.49. The molecular formula is C16H18ClNO. The van der Waals surface area contributed by atoms with E-state index in [0.29, 0.717) is 6.54 Å². The number of halogens is 1. The summed E-state index contributed by atoms with van der Waals surface area (Å²) in [5.41, 5.74) is 10.1. The molecule has 2 aromatic rings. The van der Waals surface area contributed by atoms with Gasteiger partial charge in [-0.3, -0.25) is 0 Å². The molecule has 0 fully saturated rings. The van der Waals surface area contributed by atoms with E-state index in [1.807, 2.05) is 25.1 Å². The molecule has 19 heavy (non-hydrogen) atoms. The fraction of sp³-hybridized carbons (Fsp3) is 0.250. The van der Waals surface area contributed by atoms with Crippen molar-refractivity contribution < 1.29 is 4.74 Å². The minimum Gasteiger partial charge on any atom is -0.496 e. The van der Waals surface area contributed by atoms with Gasteiger partial charge < -0.3 is 10.5 Å². The molecule has 3 heteroatoms. The van der Waals surface area contributed by atoms with Crippen molar-refractivity contribution in [3.8, 4) is 16.9 Å². The summed E-state index contributed by atoms with van der Waals surface area (Å²) in [7, 11) is 1.68. The fourth-order valence-corrected chi connectivity index (χ4v) is 2.36. The Labute approximate surface area is 119 Å². The molecule has 0 spiro atoms. The topological polar surface area (TPSA) is 35.2 Å². The standard InChI is InChI=1S/C16H18ClNO/c1-11-13(4-3-5-15(11)17)14-10-12(8-9-18)6-7-16(14)19-2/h3-7,10H,8-9,18H2,1-2H3. The minimum absolute atomic E-state index is 0.639. The summed E-state index contributed by atoms with van der Waals surface area (Å²) in [6.45, 7) is 2.66. The van der Waals surface area contributed by atoms with Crippen molar-refractivity contribution in [2.24, 2.45) is 5.73 Å². The normalized spacial score (nSPS) is 10.5. The van der Waals surface area contributed by atoms with Crippen molar-refractivity contribution in [3.63, 3.8) is 0 Å². The molecule has 0 aliphatic heterocycles. The molecule has 0 saturated heterocycles. The Hall–Kier alpha value is -1.51. The molecule has 0 aromatic heterocycles. The van der Waals surface area contributed by atoms with Crippen LogP contribution in [-0.2, 0) is 6.42 Å². The summed E-state index contributed by atoms with van der Waals surface area (Å²) >= 11 is 6.20. The van der Waals surface area contributed by atoms with Crippen LogP contribution < -0.4 is 10.5 Å². The third-order valence-electron chi connectivity index (χ3n) is 3.25. The van der Waals surface area contributed by atoms with Gasteiger partial charge in [0.25, 0.3) is 0 Å². The van der Waals surface area contributed by atoms with Gasteiger partial charge in [-0.15, -0.1) is 0 Å². The van der Waals surface area contributed by atoms with Crippen molar-refractivity contribution in [1.29, 1.82) is 0 Å². The van der Waals surface area contributed by atoms with E-state index in [1.165, 1.54) is 5.56 Å². The van der Waals surface area contributed by atoms with Crippen molar-refractivity contribution >= 4 is 11.6 Å². The quantitative estimate of drug-likeness (QED) is 0.920. The summed E-state index contributed by atoms with van der Waals surface area (Å²) in [4.78, 5) is 0. The highest BCUT2D eigenvalue weighted by Gasteiger charge is 2.11. The molecule has 0 amide bonds. The monoisotopic (exact) mass is 275 g/mol. The van der Waals surface area contributed by atoms with Crippen molar-refractivity contribution in [2.75, 3.05) is 13.7 Å². The fourth-order valence-electron chi connectivity index (χ4n) is 2.19. The van der Waals surface area contributed by atoms with Crippen LogP contribution >= 0.6 is 11.6 Å². The van der Waals surface area contributed by atoms with E-state index in [2.05, 4.69) is 18.2 Å². The van der Waals surface area contributed by atoms with E-state index in [9.17, 15) is 0 Å². The Bertz CT molecular complexity index is 581. The molecule has 0 bridgehead atoms. The van der Waals surface area contributed by atoms with Gasteiger partial charge in [0, 0.05) is 10.6 Å².